The Balaban J connectivity index is 2.24. The number of aliphatic hydroxyl groups is 1. The number of carbonyl (C=O) groups is 2. The Morgan fingerprint density at radius 3 is 2.52 bits per heavy atom. The molecule has 164 valence electrons. The average Bonchev–Trinajstić information content (AvgIpc) is 3.01. The Morgan fingerprint density at radius 1 is 1.19 bits per heavy atom. The number of aromatic nitrogens is 1. The molecule has 1 aliphatic rings. The number of rotatable bonds is 6. The Labute approximate surface area is 183 Å². The maximum absolute atomic E-state index is 13.1. The van der Waals surface area contributed by atoms with E-state index < -0.39 is 17.7 Å². The first-order valence-electron chi connectivity index (χ1n) is 10.6. The number of methoxy groups -OCH3 is 1. The molecule has 1 N–H and O–H groups in total. The highest BCUT2D eigenvalue weighted by molar-refractivity contribution is 6.46. The number of hydrogen-bond donors (Lipinski definition) is 1. The van der Waals surface area contributed by atoms with Gasteiger partial charge in [-0.1, -0.05) is 46.2 Å². The van der Waals surface area contributed by atoms with Crippen LogP contribution in [0, 0.1) is 0 Å². The maximum atomic E-state index is 13.1. The number of unbranched alkanes of at least 4 members (excludes halogenated alkanes) is 1. The van der Waals surface area contributed by atoms with Gasteiger partial charge in [0.25, 0.3) is 11.7 Å². The van der Waals surface area contributed by atoms with Crippen LogP contribution < -0.4 is 4.74 Å². The molecule has 1 aromatic heterocycles. The molecule has 1 aromatic carbocycles. The lowest BCUT2D eigenvalue weighted by atomic mass is 9.85. The molecular formula is C25H30N2O4. The van der Waals surface area contributed by atoms with Crippen molar-refractivity contribution in [2.45, 2.75) is 52.0 Å². The highest BCUT2D eigenvalue weighted by atomic mass is 16.5. The first-order valence-corrected chi connectivity index (χ1v) is 10.6. The van der Waals surface area contributed by atoms with Gasteiger partial charge in [0.1, 0.15) is 17.6 Å². The molecule has 1 saturated heterocycles. The molecule has 6 nitrogen and oxygen atoms in total. The van der Waals surface area contributed by atoms with E-state index in [9.17, 15) is 14.7 Å². The molecule has 1 unspecified atom stereocenters. The molecule has 1 amide bonds. The average molecular weight is 423 g/mol. The quantitative estimate of drug-likeness (QED) is 0.418. The summed E-state index contributed by atoms with van der Waals surface area (Å²) in [4.78, 5) is 31.9. The van der Waals surface area contributed by atoms with E-state index in [1.807, 2.05) is 25.1 Å². The van der Waals surface area contributed by atoms with Gasteiger partial charge in [-0.3, -0.25) is 14.6 Å². The summed E-state index contributed by atoms with van der Waals surface area (Å²) in [6.45, 7) is 8.64. The van der Waals surface area contributed by atoms with Crippen LogP contribution in [-0.2, 0) is 15.0 Å². The molecule has 2 heterocycles. The number of benzene rings is 1. The van der Waals surface area contributed by atoms with Crippen LogP contribution in [0.5, 0.6) is 5.75 Å². The molecule has 0 saturated carbocycles. The monoisotopic (exact) mass is 422 g/mol. The van der Waals surface area contributed by atoms with Crippen LogP contribution in [0.25, 0.3) is 5.76 Å². The molecule has 0 radical (unpaired) electrons. The van der Waals surface area contributed by atoms with Crippen LogP contribution in [0.1, 0.15) is 63.4 Å². The van der Waals surface area contributed by atoms with Crippen molar-refractivity contribution >= 4 is 17.4 Å². The number of ketones is 1. The molecule has 3 rings (SSSR count). The van der Waals surface area contributed by atoms with E-state index in [1.165, 1.54) is 12.0 Å². The Morgan fingerprint density at radius 2 is 1.94 bits per heavy atom. The second-order valence-corrected chi connectivity index (χ2v) is 8.77. The standard InChI is InChI=1S/C25H30N2O4/c1-6-7-14-27-21(18-10-8-9-13-26-18)20(23(29)24(27)30)22(28)17-15-16(25(2,3)4)11-12-19(17)31-5/h8-13,15,21,28H,6-7,14H2,1-5H3/b22-20+. The van der Waals surface area contributed by atoms with Crippen LogP contribution in [0.2, 0.25) is 0 Å². The topological polar surface area (TPSA) is 79.7 Å². The molecule has 1 fully saturated rings. The largest absolute Gasteiger partial charge is 0.507 e. The van der Waals surface area contributed by atoms with Gasteiger partial charge in [-0.25, -0.2) is 0 Å². The predicted molar refractivity (Wildman–Crippen MR) is 120 cm³/mol. The van der Waals surface area contributed by atoms with E-state index in [2.05, 4.69) is 25.8 Å². The van der Waals surface area contributed by atoms with Gasteiger partial charge in [0, 0.05) is 12.7 Å². The van der Waals surface area contributed by atoms with Crippen molar-refractivity contribution in [3.8, 4) is 5.75 Å². The number of carbonyl (C=O) groups excluding carboxylic acids is 2. The van der Waals surface area contributed by atoms with Gasteiger partial charge in [0.05, 0.1) is 23.9 Å². The molecule has 0 spiro atoms. The van der Waals surface area contributed by atoms with E-state index in [0.29, 0.717) is 23.6 Å². The van der Waals surface area contributed by atoms with Gasteiger partial charge in [0.2, 0.25) is 0 Å². The number of aliphatic hydroxyl groups excluding tert-OH is 1. The summed E-state index contributed by atoms with van der Waals surface area (Å²) in [7, 11) is 1.51. The van der Waals surface area contributed by atoms with Crippen molar-refractivity contribution < 1.29 is 19.4 Å². The van der Waals surface area contributed by atoms with Crippen molar-refractivity contribution in [2.24, 2.45) is 0 Å². The zero-order valence-corrected chi connectivity index (χ0v) is 18.8. The SMILES string of the molecule is CCCCN1C(=O)C(=O)/C(=C(/O)c2cc(C(C)(C)C)ccc2OC)C1c1ccccn1. The van der Waals surface area contributed by atoms with Crippen LogP contribution in [0.3, 0.4) is 0 Å². The summed E-state index contributed by atoms with van der Waals surface area (Å²) in [6.07, 6.45) is 3.24. The minimum atomic E-state index is -0.740. The third-order valence-corrected chi connectivity index (χ3v) is 5.58. The third kappa shape index (κ3) is 4.33. The molecule has 31 heavy (non-hydrogen) atoms. The molecule has 1 aliphatic heterocycles. The second-order valence-electron chi connectivity index (χ2n) is 8.77. The van der Waals surface area contributed by atoms with Gasteiger partial charge in [-0.15, -0.1) is 0 Å². The lowest BCUT2D eigenvalue weighted by Gasteiger charge is -2.25. The highest BCUT2D eigenvalue weighted by Gasteiger charge is 2.46. The third-order valence-electron chi connectivity index (χ3n) is 5.58. The van der Waals surface area contributed by atoms with Crippen LogP contribution in [0.4, 0.5) is 0 Å². The Kier molecular flexibility index (Phi) is 6.48. The smallest absolute Gasteiger partial charge is 0.295 e. The fourth-order valence-corrected chi connectivity index (χ4v) is 3.79. The summed E-state index contributed by atoms with van der Waals surface area (Å²) >= 11 is 0. The minimum Gasteiger partial charge on any atom is -0.507 e. The van der Waals surface area contributed by atoms with Gasteiger partial charge < -0.3 is 14.7 Å². The fraction of sp³-hybridized carbons (Fsp3) is 0.400. The van der Waals surface area contributed by atoms with Crippen LogP contribution >= 0.6 is 0 Å². The lowest BCUT2D eigenvalue weighted by Crippen LogP contribution is -2.31. The molecule has 0 aliphatic carbocycles. The van der Waals surface area contributed by atoms with Gasteiger partial charge in [-0.05, 0) is 41.7 Å². The molecule has 2 aromatic rings. The predicted octanol–water partition coefficient (Wildman–Crippen LogP) is 4.61. The summed E-state index contributed by atoms with van der Waals surface area (Å²) < 4.78 is 5.47. The van der Waals surface area contributed by atoms with Crippen molar-refractivity contribution in [1.29, 1.82) is 0 Å². The van der Waals surface area contributed by atoms with Gasteiger partial charge >= 0.3 is 0 Å². The van der Waals surface area contributed by atoms with Crippen molar-refractivity contribution in [3.63, 3.8) is 0 Å². The first kappa shape index (κ1) is 22.5. The molecule has 1 atom stereocenters. The summed E-state index contributed by atoms with van der Waals surface area (Å²) in [5, 5.41) is 11.4. The van der Waals surface area contributed by atoms with E-state index in [1.54, 1.807) is 24.4 Å². The van der Waals surface area contributed by atoms with Crippen LogP contribution in [0.15, 0.2) is 48.2 Å². The molecular weight excluding hydrogens is 392 g/mol. The Hall–Kier alpha value is -3.15. The van der Waals surface area contributed by atoms with Gasteiger partial charge in [0.15, 0.2) is 0 Å². The number of ether oxygens (including phenoxy) is 1. The Bertz CT molecular complexity index is 1010. The van der Waals surface area contributed by atoms with Crippen LogP contribution in [-0.4, -0.2) is 40.3 Å². The number of hydrogen-bond acceptors (Lipinski definition) is 5. The normalized spacial score (nSPS) is 18.5. The summed E-state index contributed by atoms with van der Waals surface area (Å²) in [6, 6.07) is 10.1. The second kappa shape index (κ2) is 8.92. The number of nitrogens with zero attached hydrogens (tertiary/aromatic N) is 2. The number of amides is 1. The lowest BCUT2D eigenvalue weighted by molar-refractivity contribution is -0.140. The van der Waals surface area contributed by atoms with Crippen molar-refractivity contribution in [3.05, 3.63) is 65.0 Å². The highest BCUT2D eigenvalue weighted by Crippen LogP contribution is 2.41. The summed E-state index contributed by atoms with van der Waals surface area (Å²) in [5.41, 5.74) is 1.79. The van der Waals surface area contributed by atoms with Gasteiger partial charge in [-0.2, -0.15) is 0 Å². The van der Waals surface area contributed by atoms with E-state index in [-0.39, 0.29) is 16.7 Å². The first-order chi connectivity index (χ1) is 14.7. The van der Waals surface area contributed by atoms with Crippen molar-refractivity contribution in [2.75, 3.05) is 13.7 Å². The van der Waals surface area contributed by atoms with E-state index >= 15 is 0 Å². The minimum absolute atomic E-state index is 0.0455. The zero-order chi connectivity index (χ0) is 22.8. The zero-order valence-electron chi connectivity index (χ0n) is 18.8. The molecule has 6 heteroatoms. The fourth-order valence-electron chi connectivity index (χ4n) is 3.79. The summed E-state index contributed by atoms with van der Waals surface area (Å²) in [5.74, 6) is -1.12. The van der Waals surface area contributed by atoms with E-state index in [4.69, 9.17) is 4.74 Å². The van der Waals surface area contributed by atoms with E-state index in [0.717, 1.165) is 18.4 Å². The molecule has 0 bridgehead atoms. The number of Topliss-reactive ketones (excluding diaryl/α,β-unsaturated/α-hetero) is 1. The maximum Gasteiger partial charge on any atom is 0.295 e. The number of pyridine rings is 1. The van der Waals surface area contributed by atoms with Crippen molar-refractivity contribution in [1.82, 2.24) is 9.88 Å². The number of likely N-dealkylation sites (tertiary alicyclic amines) is 1.